The van der Waals surface area contributed by atoms with Crippen molar-refractivity contribution in [2.75, 3.05) is 53.6 Å². The lowest BCUT2D eigenvalue weighted by atomic mass is 10.2. The number of methoxy groups -OCH3 is 1. The van der Waals surface area contributed by atoms with E-state index in [1.165, 1.54) is 19.3 Å². The minimum Gasteiger partial charge on any atom is -0.497 e. The molecule has 2 saturated heterocycles. The highest BCUT2D eigenvalue weighted by molar-refractivity contribution is 14.0. The van der Waals surface area contributed by atoms with E-state index in [1.54, 1.807) is 7.11 Å². The zero-order valence-electron chi connectivity index (χ0n) is 18.8. The Labute approximate surface area is 203 Å². The molecule has 2 heterocycles. The number of aliphatic imine (C=N–C) groups is 1. The molecule has 1 aromatic rings. The monoisotopic (exact) mass is 544 g/mol. The van der Waals surface area contributed by atoms with Gasteiger partial charge in [0.25, 0.3) is 0 Å². The molecule has 1 saturated carbocycles. The first kappa shape index (κ1) is 24.4. The van der Waals surface area contributed by atoms with Crippen LogP contribution in [-0.4, -0.2) is 81.5 Å². The SMILES string of the molecule is CN=C(NCc1ccc(OC)cc1OC1CCCC1)N1CCC(N2CCOCC2)C1.I. The van der Waals surface area contributed by atoms with Crippen LogP contribution in [-0.2, 0) is 11.3 Å². The molecule has 2 aliphatic heterocycles. The van der Waals surface area contributed by atoms with Crippen LogP contribution in [0.1, 0.15) is 37.7 Å². The molecule has 7 nitrogen and oxygen atoms in total. The molecule has 1 atom stereocenters. The van der Waals surface area contributed by atoms with Crippen LogP contribution < -0.4 is 14.8 Å². The number of rotatable bonds is 6. The van der Waals surface area contributed by atoms with Gasteiger partial charge in [0.05, 0.1) is 26.4 Å². The molecule has 3 aliphatic rings. The third-order valence-corrected chi connectivity index (χ3v) is 6.54. The van der Waals surface area contributed by atoms with Crippen LogP contribution in [0.5, 0.6) is 11.5 Å². The largest absolute Gasteiger partial charge is 0.497 e. The fraction of sp³-hybridized carbons (Fsp3) is 0.696. The van der Waals surface area contributed by atoms with Gasteiger partial charge in [0.15, 0.2) is 5.96 Å². The molecule has 0 spiro atoms. The van der Waals surface area contributed by atoms with Gasteiger partial charge in [-0.25, -0.2) is 0 Å². The molecule has 0 radical (unpaired) electrons. The van der Waals surface area contributed by atoms with Crippen LogP contribution >= 0.6 is 24.0 Å². The van der Waals surface area contributed by atoms with Crippen molar-refractivity contribution >= 4 is 29.9 Å². The smallest absolute Gasteiger partial charge is 0.193 e. The molecular formula is C23H37IN4O3. The normalized spacial score (nSPS) is 23.0. The van der Waals surface area contributed by atoms with Crippen LogP contribution in [0.2, 0.25) is 0 Å². The second kappa shape index (κ2) is 12.1. The predicted octanol–water partition coefficient (Wildman–Crippen LogP) is 3.12. The zero-order valence-corrected chi connectivity index (χ0v) is 21.2. The molecule has 1 aliphatic carbocycles. The highest BCUT2D eigenvalue weighted by Crippen LogP contribution is 2.30. The Hall–Kier alpha value is -1.26. The summed E-state index contributed by atoms with van der Waals surface area (Å²) in [5, 5.41) is 3.57. The molecule has 1 unspecified atom stereocenters. The second-order valence-electron chi connectivity index (χ2n) is 8.44. The standard InChI is InChI=1S/C23H36N4O3.HI/c1-24-23(27-10-9-19(17-27)26-11-13-29-14-12-26)25-16-18-7-8-21(28-2)15-22(18)30-20-5-3-4-6-20;/h7-8,15,19-20H,3-6,9-14,16-17H2,1-2H3,(H,24,25);1H. The van der Waals surface area contributed by atoms with Crippen LogP contribution in [0.3, 0.4) is 0 Å². The molecule has 0 amide bonds. The Morgan fingerprint density at radius 2 is 1.94 bits per heavy atom. The number of benzene rings is 1. The van der Waals surface area contributed by atoms with E-state index < -0.39 is 0 Å². The number of guanidine groups is 1. The number of nitrogens with one attached hydrogen (secondary N) is 1. The maximum absolute atomic E-state index is 6.34. The molecule has 0 bridgehead atoms. The number of hydrogen-bond donors (Lipinski definition) is 1. The summed E-state index contributed by atoms with van der Waals surface area (Å²) in [6, 6.07) is 6.72. The van der Waals surface area contributed by atoms with Crippen LogP contribution in [0, 0.1) is 0 Å². The lowest BCUT2D eigenvalue weighted by Gasteiger charge is -2.32. The van der Waals surface area contributed by atoms with Gasteiger partial charge in [-0.2, -0.15) is 0 Å². The summed E-state index contributed by atoms with van der Waals surface area (Å²) in [5.74, 6) is 2.73. The lowest BCUT2D eigenvalue weighted by Crippen LogP contribution is -2.46. The van der Waals surface area contributed by atoms with Gasteiger partial charge < -0.3 is 24.4 Å². The molecule has 1 aromatic carbocycles. The van der Waals surface area contributed by atoms with E-state index in [-0.39, 0.29) is 24.0 Å². The Morgan fingerprint density at radius 3 is 2.65 bits per heavy atom. The highest BCUT2D eigenvalue weighted by atomic mass is 127. The van der Waals surface area contributed by atoms with Crippen molar-refractivity contribution in [1.82, 2.24) is 15.1 Å². The minimum atomic E-state index is 0. The first-order valence-corrected chi connectivity index (χ1v) is 11.4. The molecule has 0 aromatic heterocycles. The third kappa shape index (κ3) is 6.38. The third-order valence-electron chi connectivity index (χ3n) is 6.54. The zero-order chi connectivity index (χ0) is 20.8. The van der Waals surface area contributed by atoms with E-state index in [2.05, 4.69) is 26.2 Å². The predicted molar refractivity (Wildman–Crippen MR) is 134 cm³/mol. The molecule has 4 rings (SSSR count). The van der Waals surface area contributed by atoms with Gasteiger partial charge in [-0.05, 0) is 44.2 Å². The van der Waals surface area contributed by atoms with Gasteiger partial charge in [0.2, 0.25) is 0 Å². The van der Waals surface area contributed by atoms with Crippen molar-refractivity contribution in [1.29, 1.82) is 0 Å². The first-order valence-electron chi connectivity index (χ1n) is 11.4. The van der Waals surface area contributed by atoms with Crippen LogP contribution in [0.25, 0.3) is 0 Å². The van der Waals surface area contributed by atoms with E-state index in [0.29, 0.717) is 18.7 Å². The van der Waals surface area contributed by atoms with Gasteiger partial charge >= 0.3 is 0 Å². The number of likely N-dealkylation sites (tertiary alicyclic amines) is 1. The Morgan fingerprint density at radius 1 is 1.16 bits per heavy atom. The minimum absolute atomic E-state index is 0. The summed E-state index contributed by atoms with van der Waals surface area (Å²) >= 11 is 0. The average molecular weight is 544 g/mol. The topological polar surface area (TPSA) is 58.6 Å². The summed E-state index contributed by atoms with van der Waals surface area (Å²) in [7, 11) is 3.57. The van der Waals surface area contributed by atoms with Gasteiger partial charge in [0, 0.05) is 57.4 Å². The number of ether oxygens (including phenoxy) is 3. The molecule has 1 N–H and O–H groups in total. The average Bonchev–Trinajstić information content (AvgIpc) is 3.48. The highest BCUT2D eigenvalue weighted by Gasteiger charge is 2.30. The van der Waals surface area contributed by atoms with E-state index in [9.17, 15) is 0 Å². The fourth-order valence-electron chi connectivity index (χ4n) is 4.78. The van der Waals surface area contributed by atoms with E-state index in [1.807, 2.05) is 19.2 Å². The quantitative estimate of drug-likeness (QED) is 0.338. The Balaban J connectivity index is 0.00000272. The van der Waals surface area contributed by atoms with Gasteiger partial charge in [-0.3, -0.25) is 9.89 Å². The maximum Gasteiger partial charge on any atom is 0.193 e. The number of morpholine rings is 1. The van der Waals surface area contributed by atoms with Gasteiger partial charge in [0.1, 0.15) is 11.5 Å². The van der Waals surface area contributed by atoms with Gasteiger partial charge in [-0.15, -0.1) is 24.0 Å². The number of nitrogens with zero attached hydrogens (tertiary/aromatic N) is 3. The lowest BCUT2D eigenvalue weighted by molar-refractivity contribution is 0.0195. The van der Waals surface area contributed by atoms with E-state index in [0.717, 1.165) is 75.3 Å². The summed E-state index contributed by atoms with van der Waals surface area (Å²) in [6.07, 6.45) is 6.30. The molecule has 174 valence electrons. The summed E-state index contributed by atoms with van der Waals surface area (Å²) < 4.78 is 17.3. The maximum atomic E-state index is 6.34. The molecule has 3 fully saturated rings. The van der Waals surface area contributed by atoms with Crippen molar-refractivity contribution in [3.63, 3.8) is 0 Å². The van der Waals surface area contributed by atoms with Gasteiger partial charge in [-0.1, -0.05) is 0 Å². The molecular weight excluding hydrogens is 507 g/mol. The Kier molecular flexibility index (Phi) is 9.52. The first-order chi connectivity index (χ1) is 14.8. The fourth-order valence-corrected chi connectivity index (χ4v) is 4.78. The van der Waals surface area contributed by atoms with Crippen molar-refractivity contribution in [3.05, 3.63) is 23.8 Å². The number of halogens is 1. The summed E-state index contributed by atoms with van der Waals surface area (Å²) in [6.45, 7) is 6.53. The summed E-state index contributed by atoms with van der Waals surface area (Å²) in [4.78, 5) is 9.49. The number of hydrogen-bond acceptors (Lipinski definition) is 5. The van der Waals surface area contributed by atoms with Crippen molar-refractivity contribution in [2.45, 2.75) is 50.8 Å². The molecule has 31 heavy (non-hydrogen) atoms. The Bertz CT molecular complexity index is 721. The van der Waals surface area contributed by atoms with Crippen molar-refractivity contribution in [3.8, 4) is 11.5 Å². The second-order valence-corrected chi connectivity index (χ2v) is 8.44. The summed E-state index contributed by atoms with van der Waals surface area (Å²) in [5.41, 5.74) is 1.15. The van der Waals surface area contributed by atoms with E-state index in [4.69, 9.17) is 14.2 Å². The van der Waals surface area contributed by atoms with Crippen molar-refractivity contribution < 1.29 is 14.2 Å². The van der Waals surface area contributed by atoms with Crippen LogP contribution in [0.15, 0.2) is 23.2 Å². The van der Waals surface area contributed by atoms with E-state index >= 15 is 0 Å². The molecule has 8 heteroatoms. The van der Waals surface area contributed by atoms with Crippen molar-refractivity contribution in [2.24, 2.45) is 4.99 Å². The van der Waals surface area contributed by atoms with Crippen LogP contribution in [0.4, 0.5) is 0 Å².